The number of ether oxygens (including phenoxy) is 1. The Labute approximate surface area is 115 Å². The minimum absolute atomic E-state index is 0.288. The molecule has 1 fully saturated rings. The zero-order valence-electron chi connectivity index (χ0n) is 11.6. The lowest BCUT2D eigenvalue weighted by Gasteiger charge is -2.19. The molecule has 3 heteroatoms. The molecule has 1 aliphatic carbocycles. The summed E-state index contributed by atoms with van der Waals surface area (Å²) < 4.78 is 5.26. The standard InChI is InChI=1S/C16H23NO2/c1-19-14-4-5-15-13(11-14)10-12(16(15)18)6-9-17-7-2-3-8-17/h4-5,11-12,16,18H,2-3,6-10H2,1H3. The summed E-state index contributed by atoms with van der Waals surface area (Å²) in [7, 11) is 1.69. The second-order valence-corrected chi connectivity index (χ2v) is 5.81. The van der Waals surface area contributed by atoms with Crippen molar-refractivity contribution in [3.8, 4) is 5.75 Å². The first-order valence-corrected chi connectivity index (χ1v) is 7.35. The van der Waals surface area contributed by atoms with E-state index in [0.29, 0.717) is 5.92 Å². The van der Waals surface area contributed by atoms with Crippen LogP contribution in [0.1, 0.15) is 36.5 Å². The molecule has 0 spiro atoms. The van der Waals surface area contributed by atoms with E-state index in [0.717, 1.165) is 30.7 Å². The van der Waals surface area contributed by atoms with Crippen LogP contribution in [0.15, 0.2) is 18.2 Å². The molecule has 0 amide bonds. The molecule has 2 aliphatic rings. The SMILES string of the molecule is COc1ccc2c(c1)CC(CCN1CCCC1)C2O. The van der Waals surface area contributed by atoms with Crippen molar-refractivity contribution in [2.45, 2.75) is 31.8 Å². The molecule has 0 radical (unpaired) electrons. The monoisotopic (exact) mass is 261 g/mol. The molecule has 1 N–H and O–H groups in total. The van der Waals surface area contributed by atoms with Crippen LogP contribution in [0, 0.1) is 5.92 Å². The Balaban J connectivity index is 1.63. The van der Waals surface area contributed by atoms with Crippen molar-refractivity contribution in [3.05, 3.63) is 29.3 Å². The Bertz CT molecular complexity index is 440. The van der Waals surface area contributed by atoms with Crippen molar-refractivity contribution in [3.63, 3.8) is 0 Å². The molecule has 2 unspecified atom stereocenters. The average molecular weight is 261 g/mol. The fraction of sp³-hybridized carbons (Fsp3) is 0.625. The second-order valence-electron chi connectivity index (χ2n) is 5.81. The summed E-state index contributed by atoms with van der Waals surface area (Å²) in [4.78, 5) is 2.52. The fourth-order valence-electron chi connectivity index (χ4n) is 3.44. The third kappa shape index (κ3) is 2.63. The third-order valence-corrected chi connectivity index (χ3v) is 4.61. The van der Waals surface area contributed by atoms with Crippen LogP contribution in [-0.2, 0) is 6.42 Å². The number of aliphatic hydroxyl groups excluding tert-OH is 1. The van der Waals surface area contributed by atoms with E-state index in [1.54, 1.807) is 7.11 Å². The molecule has 1 saturated heterocycles. The van der Waals surface area contributed by atoms with Gasteiger partial charge in [-0.2, -0.15) is 0 Å². The molecule has 3 rings (SSSR count). The van der Waals surface area contributed by atoms with Gasteiger partial charge in [-0.25, -0.2) is 0 Å². The van der Waals surface area contributed by atoms with Gasteiger partial charge < -0.3 is 14.7 Å². The lowest BCUT2D eigenvalue weighted by atomic mass is 9.99. The molecule has 0 saturated carbocycles. The Morgan fingerprint density at radius 1 is 1.32 bits per heavy atom. The van der Waals surface area contributed by atoms with Crippen LogP contribution < -0.4 is 4.74 Å². The van der Waals surface area contributed by atoms with Gasteiger partial charge in [0.2, 0.25) is 0 Å². The van der Waals surface area contributed by atoms with Crippen molar-refractivity contribution >= 4 is 0 Å². The Morgan fingerprint density at radius 3 is 2.84 bits per heavy atom. The Kier molecular flexibility index (Phi) is 3.76. The lowest BCUT2D eigenvalue weighted by Crippen LogP contribution is -2.23. The normalized spacial score (nSPS) is 26.6. The van der Waals surface area contributed by atoms with Gasteiger partial charge >= 0.3 is 0 Å². The predicted molar refractivity (Wildman–Crippen MR) is 75.4 cm³/mol. The second kappa shape index (κ2) is 5.51. The number of hydrogen-bond donors (Lipinski definition) is 1. The highest BCUT2D eigenvalue weighted by molar-refractivity contribution is 5.40. The van der Waals surface area contributed by atoms with Crippen LogP contribution in [-0.4, -0.2) is 36.8 Å². The number of methoxy groups -OCH3 is 1. The highest BCUT2D eigenvalue weighted by Gasteiger charge is 2.31. The maximum atomic E-state index is 10.4. The third-order valence-electron chi connectivity index (χ3n) is 4.61. The van der Waals surface area contributed by atoms with Crippen LogP contribution in [0.2, 0.25) is 0 Å². The topological polar surface area (TPSA) is 32.7 Å². The highest BCUT2D eigenvalue weighted by atomic mass is 16.5. The number of likely N-dealkylation sites (tertiary alicyclic amines) is 1. The first-order chi connectivity index (χ1) is 9.28. The zero-order chi connectivity index (χ0) is 13.2. The summed E-state index contributed by atoms with van der Waals surface area (Å²) in [5.41, 5.74) is 2.37. The van der Waals surface area contributed by atoms with Crippen LogP contribution in [0.4, 0.5) is 0 Å². The van der Waals surface area contributed by atoms with E-state index in [9.17, 15) is 5.11 Å². The van der Waals surface area contributed by atoms with Gasteiger partial charge in [0.1, 0.15) is 5.75 Å². The highest BCUT2D eigenvalue weighted by Crippen LogP contribution is 2.39. The number of hydrogen-bond acceptors (Lipinski definition) is 3. The van der Waals surface area contributed by atoms with Crippen molar-refractivity contribution in [1.29, 1.82) is 0 Å². The van der Waals surface area contributed by atoms with Crippen molar-refractivity contribution in [2.75, 3.05) is 26.7 Å². The largest absolute Gasteiger partial charge is 0.497 e. The van der Waals surface area contributed by atoms with Gasteiger partial charge in [0.05, 0.1) is 13.2 Å². The molecular formula is C16H23NO2. The average Bonchev–Trinajstić information content (AvgIpc) is 3.04. The summed E-state index contributed by atoms with van der Waals surface area (Å²) in [5, 5.41) is 10.4. The first kappa shape index (κ1) is 12.9. The molecule has 0 bridgehead atoms. The summed E-state index contributed by atoms with van der Waals surface area (Å²) in [6, 6.07) is 6.05. The molecule has 19 heavy (non-hydrogen) atoms. The van der Waals surface area contributed by atoms with Gasteiger partial charge in [0.25, 0.3) is 0 Å². The summed E-state index contributed by atoms with van der Waals surface area (Å²) in [6.07, 6.45) is 4.47. The number of rotatable bonds is 4. The Morgan fingerprint density at radius 2 is 2.11 bits per heavy atom. The van der Waals surface area contributed by atoms with Crippen molar-refractivity contribution in [2.24, 2.45) is 5.92 Å². The van der Waals surface area contributed by atoms with E-state index in [4.69, 9.17) is 4.74 Å². The van der Waals surface area contributed by atoms with Gasteiger partial charge in [-0.3, -0.25) is 0 Å². The molecule has 1 aromatic carbocycles. The fourth-order valence-corrected chi connectivity index (χ4v) is 3.44. The zero-order valence-corrected chi connectivity index (χ0v) is 11.6. The van der Waals surface area contributed by atoms with Crippen LogP contribution in [0.25, 0.3) is 0 Å². The molecule has 104 valence electrons. The molecule has 0 aromatic heterocycles. The van der Waals surface area contributed by atoms with Crippen LogP contribution in [0.3, 0.4) is 0 Å². The molecule has 1 aromatic rings. The van der Waals surface area contributed by atoms with Gasteiger partial charge in [-0.1, -0.05) is 6.07 Å². The lowest BCUT2D eigenvalue weighted by molar-refractivity contribution is 0.111. The van der Waals surface area contributed by atoms with E-state index >= 15 is 0 Å². The quantitative estimate of drug-likeness (QED) is 0.903. The van der Waals surface area contributed by atoms with Crippen molar-refractivity contribution < 1.29 is 9.84 Å². The molecule has 3 nitrogen and oxygen atoms in total. The molecular weight excluding hydrogens is 238 g/mol. The summed E-state index contributed by atoms with van der Waals surface area (Å²) in [6.45, 7) is 3.61. The molecule has 2 atom stereocenters. The Hall–Kier alpha value is -1.06. The van der Waals surface area contributed by atoms with Gasteiger partial charge in [-0.05, 0) is 74.5 Å². The number of aliphatic hydroxyl groups is 1. The predicted octanol–water partition coefficient (Wildman–Crippen LogP) is 2.39. The van der Waals surface area contributed by atoms with Gasteiger partial charge in [0, 0.05) is 0 Å². The number of nitrogens with zero attached hydrogens (tertiary/aromatic N) is 1. The van der Waals surface area contributed by atoms with E-state index in [-0.39, 0.29) is 6.10 Å². The van der Waals surface area contributed by atoms with Gasteiger partial charge in [-0.15, -0.1) is 0 Å². The number of fused-ring (bicyclic) bond motifs is 1. The van der Waals surface area contributed by atoms with E-state index < -0.39 is 0 Å². The maximum absolute atomic E-state index is 10.4. The molecule has 1 heterocycles. The van der Waals surface area contributed by atoms with Gasteiger partial charge in [0.15, 0.2) is 0 Å². The van der Waals surface area contributed by atoms with Crippen LogP contribution in [0.5, 0.6) is 5.75 Å². The van der Waals surface area contributed by atoms with Crippen molar-refractivity contribution in [1.82, 2.24) is 4.90 Å². The smallest absolute Gasteiger partial charge is 0.119 e. The first-order valence-electron chi connectivity index (χ1n) is 7.35. The maximum Gasteiger partial charge on any atom is 0.119 e. The van der Waals surface area contributed by atoms with E-state index in [2.05, 4.69) is 11.0 Å². The summed E-state index contributed by atoms with van der Waals surface area (Å²) in [5.74, 6) is 1.27. The van der Waals surface area contributed by atoms with E-state index in [1.165, 1.54) is 31.5 Å². The molecule has 1 aliphatic heterocycles. The van der Waals surface area contributed by atoms with E-state index in [1.807, 2.05) is 12.1 Å². The van der Waals surface area contributed by atoms with Crippen LogP contribution >= 0.6 is 0 Å². The number of benzene rings is 1. The minimum Gasteiger partial charge on any atom is -0.497 e. The summed E-state index contributed by atoms with van der Waals surface area (Å²) >= 11 is 0. The minimum atomic E-state index is -0.288.